The van der Waals surface area contributed by atoms with Gasteiger partial charge in [0.05, 0.1) is 0 Å². The first-order valence-electron chi connectivity index (χ1n) is 2.09. The molecule has 0 aliphatic heterocycles. The van der Waals surface area contributed by atoms with Crippen molar-refractivity contribution in [1.29, 1.82) is 0 Å². The lowest BCUT2D eigenvalue weighted by Gasteiger charge is -1.99. The fourth-order valence-electron chi connectivity index (χ4n) is 0.307. The van der Waals surface area contributed by atoms with E-state index in [-0.39, 0.29) is 6.01 Å². The van der Waals surface area contributed by atoms with E-state index in [1.54, 1.807) is 0 Å². The van der Waals surface area contributed by atoms with Crippen molar-refractivity contribution in [2.24, 2.45) is 0 Å². The molecule has 0 amide bonds. The molecule has 1 rings (SSSR count). The van der Waals surface area contributed by atoms with Crippen LogP contribution >= 0.6 is 19.4 Å². The second-order valence-electron chi connectivity index (χ2n) is 1.30. The predicted molar refractivity (Wildman–Crippen MR) is 32.6 cm³/mol. The molecule has 0 saturated carbocycles. The molecule has 2 N–H and O–H groups in total. The van der Waals surface area contributed by atoms with Gasteiger partial charge in [-0.2, -0.15) is 4.98 Å². The summed E-state index contributed by atoms with van der Waals surface area (Å²) < 4.78 is 17.5. The number of nitrogens with zero attached hydrogens (tertiary/aromatic N) is 2. The van der Waals surface area contributed by atoms with Crippen LogP contribution in [0.3, 0.4) is 0 Å². The van der Waals surface area contributed by atoms with Crippen LogP contribution in [-0.2, 0) is 4.57 Å². The minimum Gasteiger partial charge on any atom is -0.368 e. The molecule has 10 heavy (non-hydrogen) atoms. The molecule has 0 aromatic carbocycles. The fourth-order valence-corrected chi connectivity index (χ4v) is 1.02. The van der Waals surface area contributed by atoms with Crippen molar-refractivity contribution < 1.29 is 18.9 Å². The molecule has 6 nitrogen and oxygen atoms in total. The first-order valence-corrected chi connectivity index (χ1v) is 4.46. The molecule has 0 fully saturated rings. The summed E-state index contributed by atoms with van der Waals surface area (Å²) in [7, 11) is -4.47. The van der Waals surface area contributed by atoms with Gasteiger partial charge in [-0.1, -0.05) is 0 Å². The van der Waals surface area contributed by atoms with Crippen LogP contribution in [0.5, 0.6) is 6.01 Å². The summed E-state index contributed by atoms with van der Waals surface area (Å²) >= 11 is 0.951. The topological polar surface area (TPSA) is 92.5 Å². The average molecular weight is 182 g/mol. The average Bonchev–Trinajstić information content (AvgIpc) is 2.12. The number of rotatable bonds is 2. The monoisotopic (exact) mass is 182 g/mol. The molecule has 56 valence electrons. The molecule has 0 spiro atoms. The van der Waals surface area contributed by atoms with Crippen LogP contribution in [-0.4, -0.2) is 19.1 Å². The zero-order chi connectivity index (χ0) is 7.61. The second-order valence-corrected chi connectivity index (χ2v) is 3.06. The molecular formula is C2H3N2O4PS. The largest absolute Gasteiger partial charge is 0.527 e. The van der Waals surface area contributed by atoms with Crippen molar-refractivity contribution in [3.8, 4) is 6.01 Å². The van der Waals surface area contributed by atoms with Gasteiger partial charge in [0, 0.05) is 0 Å². The van der Waals surface area contributed by atoms with E-state index in [1.165, 1.54) is 5.51 Å². The molecule has 1 aromatic heterocycles. The quantitative estimate of drug-likeness (QED) is 0.626. The molecule has 0 aliphatic carbocycles. The zero-order valence-corrected chi connectivity index (χ0v) is 6.25. The Morgan fingerprint density at radius 3 is 2.80 bits per heavy atom. The molecule has 0 radical (unpaired) electrons. The van der Waals surface area contributed by atoms with E-state index in [0.717, 1.165) is 11.5 Å². The third-order valence-electron chi connectivity index (χ3n) is 0.542. The van der Waals surface area contributed by atoms with E-state index in [0.29, 0.717) is 0 Å². The van der Waals surface area contributed by atoms with Crippen molar-refractivity contribution in [1.82, 2.24) is 9.36 Å². The normalized spacial score (nSPS) is 11.4. The smallest absolute Gasteiger partial charge is 0.368 e. The molecule has 0 aliphatic rings. The second kappa shape index (κ2) is 2.63. The Balaban J connectivity index is 2.66. The number of hydrogen-bond donors (Lipinski definition) is 2. The van der Waals surface area contributed by atoms with Crippen molar-refractivity contribution >= 4 is 19.4 Å². The maximum atomic E-state index is 10.1. The Morgan fingerprint density at radius 2 is 2.40 bits per heavy atom. The number of phosphoric ester groups is 1. The zero-order valence-electron chi connectivity index (χ0n) is 4.54. The first kappa shape index (κ1) is 7.62. The van der Waals surface area contributed by atoms with Crippen molar-refractivity contribution in [3.63, 3.8) is 0 Å². The predicted octanol–water partition coefficient (Wildman–Crippen LogP) is 0.00960. The standard InChI is InChI=1S/C2H3N2O4PS/c5-9(6,7)8-2-3-1-10-4-2/h1H,(H2,5,6,7). The highest BCUT2D eigenvalue weighted by molar-refractivity contribution is 7.46. The van der Waals surface area contributed by atoms with Gasteiger partial charge < -0.3 is 4.52 Å². The van der Waals surface area contributed by atoms with Gasteiger partial charge in [-0.3, -0.25) is 9.79 Å². The number of hydrogen-bond acceptors (Lipinski definition) is 5. The van der Waals surface area contributed by atoms with E-state index in [9.17, 15) is 4.57 Å². The molecular weight excluding hydrogens is 179 g/mol. The van der Waals surface area contributed by atoms with Gasteiger partial charge in [-0.25, -0.2) is 4.57 Å². The minimum atomic E-state index is -4.47. The summed E-state index contributed by atoms with van der Waals surface area (Å²) in [5, 5.41) is 0. The van der Waals surface area contributed by atoms with E-state index >= 15 is 0 Å². The van der Waals surface area contributed by atoms with Gasteiger partial charge in [0.2, 0.25) is 0 Å². The Bertz CT molecular complexity index is 242. The van der Waals surface area contributed by atoms with Crippen LogP contribution in [0.1, 0.15) is 0 Å². The summed E-state index contributed by atoms with van der Waals surface area (Å²) in [6.45, 7) is 0. The lowest BCUT2D eigenvalue weighted by atomic mass is 11.2. The van der Waals surface area contributed by atoms with Gasteiger partial charge in [-0.05, 0) is 11.5 Å². The fraction of sp³-hybridized carbons (Fsp3) is 0. The molecule has 0 bridgehead atoms. The van der Waals surface area contributed by atoms with Crippen molar-refractivity contribution in [3.05, 3.63) is 5.51 Å². The summed E-state index contributed by atoms with van der Waals surface area (Å²) in [5.74, 6) is 0. The lowest BCUT2D eigenvalue weighted by molar-refractivity contribution is 0.276. The number of phosphoric acid groups is 1. The molecule has 8 heteroatoms. The SMILES string of the molecule is O=P(O)(O)Oc1ncsn1. The van der Waals surface area contributed by atoms with Crippen LogP contribution in [0.15, 0.2) is 5.51 Å². The summed E-state index contributed by atoms with van der Waals surface area (Å²) in [6.07, 6.45) is 0. The third-order valence-corrected chi connectivity index (χ3v) is 1.40. The first-order chi connectivity index (χ1) is 4.58. The highest BCUT2D eigenvalue weighted by atomic mass is 32.1. The van der Waals surface area contributed by atoms with E-state index in [4.69, 9.17) is 9.79 Å². The van der Waals surface area contributed by atoms with Gasteiger partial charge in [-0.15, -0.1) is 4.37 Å². The maximum Gasteiger partial charge on any atom is 0.527 e. The highest BCUT2D eigenvalue weighted by Gasteiger charge is 2.17. The minimum absolute atomic E-state index is 0.293. The Morgan fingerprint density at radius 1 is 1.70 bits per heavy atom. The van der Waals surface area contributed by atoms with E-state index < -0.39 is 7.82 Å². The number of aromatic nitrogens is 2. The van der Waals surface area contributed by atoms with Crippen molar-refractivity contribution in [2.75, 3.05) is 0 Å². The molecule has 1 aromatic rings. The van der Waals surface area contributed by atoms with Gasteiger partial charge in [0.25, 0.3) is 0 Å². The molecule has 0 atom stereocenters. The molecule has 1 heterocycles. The van der Waals surface area contributed by atoms with Crippen LogP contribution in [0.4, 0.5) is 0 Å². The lowest BCUT2D eigenvalue weighted by Crippen LogP contribution is -1.90. The maximum absolute atomic E-state index is 10.1. The van der Waals surface area contributed by atoms with Gasteiger partial charge in [0.15, 0.2) is 0 Å². The Hall–Kier alpha value is -0.490. The van der Waals surface area contributed by atoms with Crippen LogP contribution in [0, 0.1) is 0 Å². The van der Waals surface area contributed by atoms with Crippen molar-refractivity contribution in [2.45, 2.75) is 0 Å². The third kappa shape index (κ3) is 2.40. The highest BCUT2D eigenvalue weighted by Crippen LogP contribution is 2.35. The van der Waals surface area contributed by atoms with Crippen LogP contribution in [0.25, 0.3) is 0 Å². The summed E-state index contributed by atoms with van der Waals surface area (Å²) in [5.41, 5.74) is 1.31. The van der Waals surface area contributed by atoms with Crippen LogP contribution in [0.2, 0.25) is 0 Å². The Kier molecular flexibility index (Phi) is 2.00. The van der Waals surface area contributed by atoms with E-state index in [1.807, 2.05) is 0 Å². The molecule has 0 unspecified atom stereocenters. The summed E-state index contributed by atoms with van der Waals surface area (Å²) in [6, 6.07) is -0.293. The van der Waals surface area contributed by atoms with E-state index in [2.05, 4.69) is 13.9 Å². The summed E-state index contributed by atoms with van der Waals surface area (Å²) in [4.78, 5) is 19.8. The van der Waals surface area contributed by atoms with Crippen LogP contribution < -0.4 is 4.52 Å². The van der Waals surface area contributed by atoms with Gasteiger partial charge >= 0.3 is 13.8 Å². The Labute approximate surface area is 59.9 Å². The van der Waals surface area contributed by atoms with Gasteiger partial charge in [0.1, 0.15) is 5.51 Å². The molecule has 0 saturated heterocycles.